The van der Waals surface area contributed by atoms with E-state index >= 15 is 0 Å². The largest absolute Gasteiger partial charge is 0.350 e. The van der Waals surface area contributed by atoms with Crippen molar-refractivity contribution in [1.29, 1.82) is 0 Å². The molecule has 0 aliphatic rings. The number of hydrogen-bond donors (Lipinski definition) is 1. The van der Waals surface area contributed by atoms with Crippen molar-refractivity contribution in [2.75, 3.05) is 13.6 Å². The SMILES string of the molecule is CN(CC(=O)NC(C)(C)C)C(=O)c1cn(-c2ccccc2Cl)nn1. The molecule has 1 aromatic carbocycles. The Morgan fingerprint density at radius 2 is 1.96 bits per heavy atom. The molecule has 0 unspecified atom stereocenters. The standard InChI is InChI=1S/C16H20ClN5O2/c1-16(2,3)18-14(23)10-21(4)15(24)12-9-22(20-19-12)13-8-6-5-7-11(13)17/h5-9H,10H2,1-4H3,(H,18,23). The summed E-state index contributed by atoms with van der Waals surface area (Å²) in [6, 6.07) is 7.11. The third kappa shape index (κ3) is 4.55. The van der Waals surface area contributed by atoms with Gasteiger partial charge >= 0.3 is 0 Å². The lowest BCUT2D eigenvalue weighted by molar-refractivity contribution is -0.122. The molecule has 0 spiro atoms. The number of rotatable bonds is 4. The third-order valence-corrected chi connectivity index (χ3v) is 3.37. The summed E-state index contributed by atoms with van der Waals surface area (Å²) in [4.78, 5) is 25.6. The molecule has 1 heterocycles. The first-order valence-corrected chi connectivity index (χ1v) is 7.79. The number of aromatic nitrogens is 3. The van der Waals surface area contributed by atoms with Gasteiger partial charge in [0.1, 0.15) is 0 Å². The second kappa shape index (κ2) is 7.00. The van der Waals surface area contributed by atoms with E-state index in [1.165, 1.54) is 15.8 Å². The van der Waals surface area contributed by atoms with Crippen LogP contribution < -0.4 is 5.32 Å². The van der Waals surface area contributed by atoms with Crippen LogP contribution in [0, 0.1) is 0 Å². The fourth-order valence-corrected chi connectivity index (χ4v) is 2.28. The van der Waals surface area contributed by atoms with Crippen molar-refractivity contribution in [2.45, 2.75) is 26.3 Å². The summed E-state index contributed by atoms with van der Waals surface area (Å²) >= 11 is 6.10. The summed E-state index contributed by atoms with van der Waals surface area (Å²) in [6.45, 7) is 5.57. The molecule has 0 fully saturated rings. The first-order chi connectivity index (χ1) is 11.2. The highest BCUT2D eigenvalue weighted by atomic mass is 35.5. The minimum Gasteiger partial charge on any atom is -0.350 e. The van der Waals surface area contributed by atoms with Gasteiger partial charge in [0.15, 0.2) is 5.69 Å². The number of benzene rings is 1. The quantitative estimate of drug-likeness (QED) is 0.914. The predicted molar refractivity (Wildman–Crippen MR) is 91.2 cm³/mol. The van der Waals surface area contributed by atoms with Crippen molar-refractivity contribution in [2.24, 2.45) is 0 Å². The number of halogens is 1. The van der Waals surface area contributed by atoms with E-state index in [0.29, 0.717) is 10.7 Å². The van der Waals surface area contributed by atoms with Crippen LogP contribution in [-0.2, 0) is 4.79 Å². The summed E-state index contributed by atoms with van der Waals surface area (Å²) in [5.41, 5.74) is 0.411. The fourth-order valence-electron chi connectivity index (χ4n) is 2.06. The van der Waals surface area contributed by atoms with Gasteiger partial charge in [0.25, 0.3) is 5.91 Å². The number of carbonyl (C=O) groups is 2. The Morgan fingerprint density at radius 3 is 2.58 bits per heavy atom. The molecule has 0 saturated carbocycles. The van der Waals surface area contributed by atoms with E-state index < -0.39 is 5.91 Å². The van der Waals surface area contributed by atoms with Crippen molar-refractivity contribution in [3.05, 3.63) is 41.2 Å². The number of amides is 2. The number of nitrogens with one attached hydrogen (secondary N) is 1. The monoisotopic (exact) mass is 349 g/mol. The van der Waals surface area contributed by atoms with Gasteiger partial charge in [0.2, 0.25) is 5.91 Å². The molecule has 2 rings (SSSR count). The van der Waals surface area contributed by atoms with Crippen LogP contribution in [0.1, 0.15) is 31.3 Å². The van der Waals surface area contributed by atoms with Crippen molar-refractivity contribution >= 4 is 23.4 Å². The van der Waals surface area contributed by atoms with Gasteiger partial charge in [-0.05, 0) is 32.9 Å². The van der Waals surface area contributed by atoms with E-state index in [9.17, 15) is 9.59 Å². The van der Waals surface area contributed by atoms with Gasteiger partial charge in [-0.3, -0.25) is 9.59 Å². The zero-order chi connectivity index (χ0) is 17.9. The molecule has 0 bridgehead atoms. The minimum atomic E-state index is -0.391. The molecule has 0 aliphatic heterocycles. The fraction of sp³-hybridized carbons (Fsp3) is 0.375. The van der Waals surface area contributed by atoms with Crippen LogP contribution in [0.3, 0.4) is 0 Å². The lowest BCUT2D eigenvalue weighted by atomic mass is 10.1. The van der Waals surface area contributed by atoms with Crippen LogP contribution in [-0.4, -0.2) is 50.8 Å². The Balaban J connectivity index is 2.08. The lowest BCUT2D eigenvalue weighted by Crippen LogP contribution is -2.46. The minimum absolute atomic E-state index is 0.0605. The maximum Gasteiger partial charge on any atom is 0.276 e. The smallest absolute Gasteiger partial charge is 0.276 e. The Labute approximate surface area is 145 Å². The molecule has 2 aromatic rings. The topological polar surface area (TPSA) is 80.1 Å². The van der Waals surface area contributed by atoms with Crippen LogP contribution in [0.25, 0.3) is 5.69 Å². The lowest BCUT2D eigenvalue weighted by Gasteiger charge is -2.23. The Kier molecular flexibility index (Phi) is 5.23. The van der Waals surface area contributed by atoms with Crippen molar-refractivity contribution < 1.29 is 9.59 Å². The first-order valence-electron chi connectivity index (χ1n) is 7.41. The predicted octanol–water partition coefficient (Wildman–Crippen LogP) is 1.91. The number of para-hydroxylation sites is 1. The Bertz CT molecular complexity index is 751. The zero-order valence-corrected chi connectivity index (χ0v) is 14.8. The van der Waals surface area contributed by atoms with Gasteiger partial charge in [-0.2, -0.15) is 0 Å². The van der Waals surface area contributed by atoms with Crippen molar-refractivity contribution in [3.8, 4) is 5.69 Å². The average Bonchev–Trinajstić information content (AvgIpc) is 2.94. The molecule has 8 heteroatoms. The van der Waals surface area contributed by atoms with Gasteiger partial charge in [0.05, 0.1) is 23.5 Å². The second-order valence-electron chi connectivity index (χ2n) is 6.46. The van der Waals surface area contributed by atoms with Crippen LogP contribution >= 0.6 is 11.6 Å². The van der Waals surface area contributed by atoms with Crippen LogP contribution in [0.4, 0.5) is 0 Å². The van der Waals surface area contributed by atoms with E-state index in [1.807, 2.05) is 26.8 Å². The molecule has 128 valence electrons. The van der Waals surface area contributed by atoms with Crippen LogP contribution in [0.2, 0.25) is 5.02 Å². The molecule has 7 nitrogen and oxygen atoms in total. The van der Waals surface area contributed by atoms with E-state index in [2.05, 4.69) is 15.6 Å². The van der Waals surface area contributed by atoms with E-state index in [1.54, 1.807) is 25.2 Å². The number of nitrogens with zero attached hydrogens (tertiary/aromatic N) is 4. The third-order valence-electron chi connectivity index (χ3n) is 3.05. The molecule has 24 heavy (non-hydrogen) atoms. The highest BCUT2D eigenvalue weighted by Gasteiger charge is 2.21. The molecule has 0 aliphatic carbocycles. The molecule has 0 radical (unpaired) electrons. The van der Waals surface area contributed by atoms with E-state index in [4.69, 9.17) is 11.6 Å². The summed E-state index contributed by atoms with van der Waals surface area (Å²) in [5.74, 6) is -0.630. The van der Waals surface area contributed by atoms with E-state index in [-0.39, 0.29) is 23.7 Å². The molecular formula is C16H20ClN5O2. The normalized spacial score (nSPS) is 11.2. The highest BCUT2D eigenvalue weighted by Crippen LogP contribution is 2.18. The second-order valence-corrected chi connectivity index (χ2v) is 6.87. The Hall–Kier alpha value is -2.41. The molecule has 1 aromatic heterocycles. The molecule has 1 N–H and O–H groups in total. The summed E-state index contributed by atoms with van der Waals surface area (Å²) < 4.78 is 1.43. The van der Waals surface area contributed by atoms with Crippen LogP contribution in [0.5, 0.6) is 0 Å². The first kappa shape index (κ1) is 17.9. The molecule has 0 saturated heterocycles. The number of hydrogen-bond acceptors (Lipinski definition) is 4. The van der Waals surface area contributed by atoms with Gasteiger partial charge < -0.3 is 10.2 Å². The van der Waals surface area contributed by atoms with E-state index in [0.717, 1.165) is 0 Å². The summed E-state index contributed by atoms with van der Waals surface area (Å²) in [5, 5.41) is 11.1. The molecule has 2 amide bonds. The molecule has 0 atom stereocenters. The average molecular weight is 350 g/mol. The maximum atomic E-state index is 12.4. The highest BCUT2D eigenvalue weighted by molar-refractivity contribution is 6.32. The van der Waals surface area contributed by atoms with Crippen molar-refractivity contribution in [1.82, 2.24) is 25.2 Å². The van der Waals surface area contributed by atoms with Crippen molar-refractivity contribution in [3.63, 3.8) is 0 Å². The van der Waals surface area contributed by atoms with Gasteiger partial charge in [-0.1, -0.05) is 28.9 Å². The summed E-state index contributed by atoms with van der Waals surface area (Å²) in [7, 11) is 1.54. The van der Waals surface area contributed by atoms with Crippen LogP contribution in [0.15, 0.2) is 30.5 Å². The van der Waals surface area contributed by atoms with Gasteiger partial charge in [0, 0.05) is 12.6 Å². The zero-order valence-electron chi connectivity index (χ0n) is 14.1. The van der Waals surface area contributed by atoms with Gasteiger partial charge in [-0.15, -0.1) is 5.10 Å². The number of carbonyl (C=O) groups excluding carboxylic acids is 2. The van der Waals surface area contributed by atoms with Gasteiger partial charge in [-0.25, -0.2) is 4.68 Å². The Morgan fingerprint density at radius 1 is 1.29 bits per heavy atom. The molecular weight excluding hydrogens is 330 g/mol. The summed E-state index contributed by atoms with van der Waals surface area (Å²) in [6.07, 6.45) is 1.49. The number of likely N-dealkylation sites (N-methyl/N-ethyl adjacent to an activating group) is 1. The maximum absolute atomic E-state index is 12.4.